The van der Waals surface area contributed by atoms with Crippen molar-refractivity contribution in [3.63, 3.8) is 0 Å². The average Bonchev–Trinajstić information content (AvgIpc) is 3.09. The van der Waals surface area contributed by atoms with Crippen LogP contribution >= 0.6 is 0 Å². The van der Waals surface area contributed by atoms with Gasteiger partial charge in [-0.15, -0.1) is 0 Å². The molecule has 4 atom stereocenters. The number of anilines is 1. The Balaban J connectivity index is 1.78. The second-order valence-corrected chi connectivity index (χ2v) is 5.85. The van der Waals surface area contributed by atoms with E-state index >= 15 is 0 Å². The van der Waals surface area contributed by atoms with Gasteiger partial charge in [0.2, 0.25) is 5.91 Å². The third kappa shape index (κ3) is 2.43. The van der Waals surface area contributed by atoms with Gasteiger partial charge in [-0.2, -0.15) is 0 Å². The maximum Gasteiger partial charge on any atom is 0.310 e. The summed E-state index contributed by atoms with van der Waals surface area (Å²) < 4.78 is 10.8. The van der Waals surface area contributed by atoms with Gasteiger partial charge in [-0.25, -0.2) is 0 Å². The normalized spacial score (nSPS) is 29.4. The van der Waals surface area contributed by atoms with Gasteiger partial charge in [-0.05, 0) is 43.5 Å². The van der Waals surface area contributed by atoms with Gasteiger partial charge in [-0.1, -0.05) is 0 Å². The minimum absolute atomic E-state index is 0.284. The van der Waals surface area contributed by atoms with Crippen molar-refractivity contribution in [2.45, 2.75) is 32.0 Å². The molecule has 118 valence electrons. The molecule has 1 aromatic carbocycles. The van der Waals surface area contributed by atoms with Crippen molar-refractivity contribution in [2.24, 2.45) is 11.8 Å². The zero-order chi connectivity index (χ0) is 15.9. The van der Waals surface area contributed by atoms with Crippen molar-refractivity contribution >= 4 is 17.6 Å². The van der Waals surface area contributed by atoms with Crippen LogP contribution in [-0.2, 0) is 14.3 Å². The highest BCUT2D eigenvalue weighted by atomic mass is 16.5. The molecule has 0 radical (unpaired) electrons. The minimum atomic E-state index is -0.959. The first-order chi connectivity index (χ1) is 10.5. The summed E-state index contributed by atoms with van der Waals surface area (Å²) in [7, 11) is 1.58. The maximum absolute atomic E-state index is 12.5. The molecule has 2 heterocycles. The smallest absolute Gasteiger partial charge is 0.310 e. The minimum Gasteiger partial charge on any atom is -0.497 e. The first-order valence-corrected chi connectivity index (χ1v) is 7.35. The third-order valence-corrected chi connectivity index (χ3v) is 4.55. The number of carboxylic acid groups (broad SMARTS) is 1. The van der Waals surface area contributed by atoms with Crippen molar-refractivity contribution in [2.75, 3.05) is 12.4 Å². The number of aliphatic carboxylic acids is 1. The molecule has 2 N–H and O–H groups in total. The Morgan fingerprint density at radius 1 is 1.27 bits per heavy atom. The predicted octanol–water partition coefficient (Wildman–Crippen LogP) is 1.82. The van der Waals surface area contributed by atoms with Gasteiger partial charge in [0.05, 0.1) is 31.2 Å². The lowest BCUT2D eigenvalue weighted by Gasteiger charge is -2.24. The molecule has 1 aromatic rings. The number of carboxylic acids is 1. The lowest BCUT2D eigenvalue weighted by molar-refractivity contribution is -0.147. The largest absolute Gasteiger partial charge is 0.497 e. The number of carbonyl (C=O) groups is 2. The first kappa shape index (κ1) is 14.8. The van der Waals surface area contributed by atoms with E-state index in [0.717, 1.165) is 12.0 Å². The fourth-order valence-corrected chi connectivity index (χ4v) is 3.44. The Morgan fingerprint density at radius 2 is 1.95 bits per heavy atom. The number of hydrogen-bond acceptors (Lipinski definition) is 4. The summed E-state index contributed by atoms with van der Waals surface area (Å²) >= 11 is 0. The number of benzene rings is 1. The van der Waals surface area contributed by atoms with Crippen LogP contribution in [0.5, 0.6) is 5.75 Å². The highest BCUT2D eigenvalue weighted by Gasteiger charge is 2.55. The lowest BCUT2D eigenvalue weighted by atomic mass is 9.78. The Hall–Kier alpha value is -2.08. The van der Waals surface area contributed by atoms with Gasteiger partial charge >= 0.3 is 5.97 Å². The van der Waals surface area contributed by atoms with E-state index in [0.29, 0.717) is 17.9 Å². The zero-order valence-electron chi connectivity index (χ0n) is 12.5. The topological polar surface area (TPSA) is 84.9 Å². The third-order valence-electron chi connectivity index (χ3n) is 4.55. The molecule has 2 saturated heterocycles. The molecule has 0 aromatic heterocycles. The molecular formula is C16H19NO5. The summed E-state index contributed by atoms with van der Waals surface area (Å²) in [5.74, 6) is -1.91. The Morgan fingerprint density at radius 3 is 2.55 bits per heavy atom. The molecular weight excluding hydrogens is 286 g/mol. The summed E-state index contributed by atoms with van der Waals surface area (Å²) in [5.41, 5.74) is 1.53. The highest BCUT2D eigenvalue weighted by molar-refractivity contribution is 5.96. The number of carbonyl (C=O) groups excluding carboxylic acids is 1. The van der Waals surface area contributed by atoms with Crippen molar-refractivity contribution in [3.8, 4) is 5.75 Å². The number of fused-ring (bicyclic) bond motifs is 2. The van der Waals surface area contributed by atoms with Crippen LogP contribution < -0.4 is 10.1 Å². The summed E-state index contributed by atoms with van der Waals surface area (Å²) in [6, 6.07) is 5.34. The van der Waals surface area contributed by atoms with Gasteiger partial charge in [0, 0.05) is 5.69 Å². The van der Waals surface area contributed by atoms with Crippen LogP contribution in [0.3, 0.4) is 0 Å². The summed E-state index contributed by atoms with van der Waals surface area (Å²) in [5, 5.41) is 12.2. The molecule has 2 aliphatic heterocycles. The number of ether oxygens (including phenoxy) is 2. The molecule has 2 fully saturated rings. The SMILES string of the molecule is COc1ccc(NC(=O)[C@@H]2[C@@H](C(=O)O)[C@@H]3CC[C@H]2O3)c(C)c1. The quantitative estimate of drug-likeness (QED) is 0.886. The van der Waals surface area contributed by atoms with E-state index in [1.807, 2.05) is 13.0 Å². The lowest BCUT2D eigenvalue weighted by Crippen LogP contribution is -2.41. The molecule has 1 amide bonds. The number of rotatable bonds is 4. The Bertz CT molecular complexity index is 615. The number of amides is 1. The van der Waals surface area contributed by atoms with Crippen LogP contribution in [0, 0.1) is 18.8 Å². The van der Waals surface area contributed by atoms with Crippen LogP contribution in [0.25, 0.3) is 0 Å². The van der Waals surface area contributed by atoms with Crippen molar-refractivity contribution in [3.05, 3.63) is 23.8 Å². The number of nitrogens with one attached hydrogen (secondary N) is 1. The van der Waals surface area contributed by atoms with Crippen LogP contribution in [0.15, 0.2) is 18.2 Å². The van der Waals surface area contributed by atoms with E-state index in [1.54, 1.807) is 19.2 Å². The Labute approximate surface area is 128 Å². The molecule has 6 nitrogen and oxygen atoms in total. The van der Waals surface area contributed by atoms with Gasteiger partial charge in [0.1, 0.15) is 5.75 Å². The van der Waals surface area contributed by atoms with Crippen LogP contribution in [0.1, 0.15) is 18.4 Å². The molecule has 0 spiro atoms. The molecule has 0 unspecified atom stereocenters. The molecule has 2 bridgehead atoms. The summed E-state index contributed by atoms with van der Waals surface area (Å²) in [6.45, 7) is 1.87. The van der Waals surface area contributed by atoms with Crippen molar-refractivity contribution < 1.29 is 24.2 Å². The van der Waals surface area contributed by atoms with E-state index in [9.17, 15) is 14.7 Å². The molecule has 2 aliphatic rings. The highest BCUT2D eigenvalue weighted by Crippen LogP contribution is 2.44. The van der Waals surface area contributed by atoms with E-state index < -0.39 is 17.8 Å². The molecule has 0 saturated carbocycles. The fourth-order valence-electron chi connectivity index (χ4n) is 3.44. The van der Waals surface area contributed by atoms with Crippen LogP contribution in [0.4, 0.5) is 5.69 Å². The number of hydrogen-bond donors (Lipinski definition) is 2. The van der Waals surface area contributed by atoms with E-state index in [1.165, 1.54) is 0 Å². The predicted molar refractivity (Wildman–Crippen MR) is 78.9 cm³/mol. The summed E-state index contributed by atoms with van der Waals surface area (Å²) in [4.78, 5) is 24.0. The first-order valence-electron chi connectivity index (χ1n) is 7.35. The van der Waals surface area contributed by atoms with E-state index in [4.69, 9.17) is 9.47 Å². The fraction of sp³-hybridized carbons (Fsp3) is 0.500. The standard InChI is InChI=1S/C16H19NO5/c1-8-7-9(21-2)3-4-10(8)17-15(18)13-11-5-6-12(22-11)14(13)16(19)20/h3-4,7,11-14H,5-6H2,1-2H3,(H,17,18)(H,19,20)/t11-,12+,13+,14+/m1/s1. The van der Waals surface area contributed by atoms with Crippen molar-refractivity contribution in [1.82, 2.24) is 0 Å². The van der Waals surface area contributed by atoms with Gasteiger partial charge in [-0.3, -0.25) is 9.59 Å². The van der Waals surface area contributed by atoms with Crippen molar-refractivity contribution in [1.29, 1.82) is 0 Å². The van der Waals surface area contributed by atoms with Crippen LogP contribution in [0.2, 0.25) is 0 Å². The van der Waals surface area contributed by atoms with E-state index in [-0.39, 0.29) is 18.1 Å². The van der Waals surface area contributed by atoms with E-state index in [2.05, 4.69) is 5.32 Å². The van der Waals surface area contributed by atoms with Gasteiger partial charge in [0.25, 0.3) is 0 Å². The Kier molecular flexibility index (Phi) is 3.78. The monoisotopic (exact) mass is 305 g/mol. The maximum atomic E-state index is 12.5. The van der Waals surface area contributed by atoms with Gasteiger partial charge < -0.3 is 19.9 Å². The molecule has 0 aliphatic carbocycles. The molecule has 22 heavy (non-hydrogen) atoms. The average molecular weight is 305 g/mol. The second kappa shape index (κ2) is 5.61. The second-order valence-electron chi connectivity index (χ2n) is 5.85. The number of methoxy groups -OCH3 is 1. The number of aryl methyl sites for hydroxylation is 1. The van der Waals surface area contributed by atoms with Crippen LogP contribution in [-0.4, -0.2) is 36.3 Å². The molecule has 3 rings (SSSR count). The molecule has 6 heteroatoms. The summed E-state index contributed by atoms with van der Waals surface area (Å²) in [6.07, 6.45) is 0.834. The van der Waals surface area contributed by atoms with Gasteiger partial charge in [0.15, 0.2) is 0 Å². The zero-order valence-corrected chi connectivity index (χ0v) is 12.5.